The largest absolute Gasteiger partial charge is 0.334 e. The van der Waals surface area contributed by atoms with Crippen molar-refractivity contribution in [2.45, 2.75) is 19.9 Å². The molecule has 4 nitrogen and oxygen atoms in total. The van der Waals surface area contributed by atoms with E-state index in [9.17, 15) is 4.79 Å². The molecule has 0 bridgehead atoms. The summed E-state index contributed by atoms with van der Waals surface area (Å²) >= 11 is 0. The van der Waals surface area contributed by atoms with Crippen LogP contribution in [0.5, 0.6) is 0 Å². The van der Waals surface area contributed by atoms with Crippen LogP contribution in [0.15, 0.2) is 48.5 Å². The lowest BCUT2D eigenvalue weighted by atomic mass is 10.1. The number of hydrogen-bond acceptors (Lipinski definition) is 2. The third-order valence-corrected chi connectivity index (χ3v) is 3.22. The van der Waals surface area contributed by atoms with Crippen molar-refractivity contribution in [3.8, 4) is 0 Å². The molecular formula is C17H21N3O. The average molecular weight is 283 g/mol. The maximum Gasteiger partial charge on any atom is 0.319 e. The van der Waals surface area contributed by atoms with Crippen LogP contribution in [-0.2, 0) is 13.0 Å². The highest BCUT2D eigenvalue weighted by atomic mass is 16.2. The van der Waals surface area contributed by atoms with Gasteiger partial charge in [-0.15, -0.1) is 0 Å². The zero-order valence-electron chi connectivity index (χ0n) is 12.2. The molecule has 0 saturated heterocycles. The number of nitrogens with two attached hydrogens (primary N) is 1. The van der Waals surface area contributed by atoms with Crippen molar-refractivity contribution in [1.82, 2.24) is 5.32 Å². The van der Waals surface area contributed by atoms with Gasteiger partial charge in [0.1, 0.15) is 0 Å². The molecule has 0 aliphatic rings. The maximum absolute atomic E-state index is 11.8. The maximum atomic E-state index is 11.8. The Hall–Kier alpha value is -2.33. The molecule has 2 amide bonds. The third-order valence-electron chi connectivity index (χ3n) is 3.22. The summed E-state index contributed by atoms with van der Waals surface area (Å²) in [5, 5.41) is 5.64. The number of anilines is 1. The molecule has 0 aliphatic carbocycles. The first-order valence-electron chi connectivity index (χ1n) is 7.07. The van der Waals surface area contributed by atoms with E-state index in [1.54, 1.807) is 0 Å². The molecule has 0 aromatic heterocycles. The van der Waals surface area contributed by atoms with Crippen molar-refractivity contribution in [2.75, 3.05) is 11.9 Å². The summed E-state index contributed by atoms with van der Waals surface area (Å²) in [5.74, 6) is 0. The van der Waals surface area contributed by atoms with Gasteiger partial charge in [-0.3, -0.25) is 0 Å². The molecule has 0 aliphatic heterocycles. The Labute approximate surface area is 125 Å². The molecule has 2 aromatic rings. The number of aryl methyl sites for hydroxylation is 1. The molecule has 4 N–H and O–H groups in total. The molecule has 2 rings (SSSR count). The number of carbonyl (C=O) groups is 1. The van der Waals surface area contributed by atoms with Crippen LogP contribution in [0.25, 0.3) is 0 Å². The molecule has 0 radical (unpaired) electrons. The van der Waals surface area contributed by atoms with Crippen LogP contribution in [0.1, 0.15) is 16.7 Å². The number of urea groups is 1. The second kappa shape index (κ2) is 7.45. The standard InChI is InChI=1S/C17H21N3O/c1-13-2-8-16(9-3-13)20-17(21)19-12-15-6-4-14(5-7-15)10-11-18/h2-9H,10-12,18H2,1H3,(H2,19,20,21). The van der Waals surface area contributed by atoms with Crippen LogP contribution in [0.3, 0.4) is 0 Å². The summed E-state index contributed by atoms with van der Waals surface area (Å²) in [4.78, 5) is 11.8. The van der Waals surface area contributed by atoms with Gasteiger partial charge in [0.25, 0.3) is 0 Å². The van der Waals surface area contributed by atoms with E-state index in [0.29, 0.717) is 13.1 Å². The predicted molar refractivity (Wildman–Crippen MR) is 86.2 cm³/mol. The van der Waals surface area contributed by atoms with Crippen LogP contribution in [0.4, 0.5) is 10.5 Å². The fraction of sp³-hybridized carbons (Fsp3) is 0.235. The van der Waals surface area contributed by atoms with Gasteiger partial charge in [-0.25, -0.2) is 4.79 Å². The highest BCUT2D eigenvalue weighted by molar-refractivity contribution is 5.89. The van der Waals surface area contributed by atoms with E-state index in [1.807, 2.05) is 55.5 Å². The molecule has 0 fully saturated rings. The second-order valence-electron chi connectivity index (χ2n) is 5.03. The Bertz CT molecular complexity index is 576. The number of benzene rings is 2. The summed E-state index contributed by atoms with van der Waals surface area (Å²) in [6, 6.07) is 15.6. The summed E-state index contributed by atoms with van der Waals surface area (Å²) in [7, 11) is 0. The fourth-order valence-electron chi connectivity index (χ4n) is 1.98. The second-order valence-corrected chi connectivity index (χ2v) is 5.03. The molecular weight excluding hydrogens is 262 g/mol. The zero-order valence-corrected chi connectivity index (χ0v) is 12.2. The van der Waals surface area contributed by atoms with Gasteiger partial charge in [-0.05, 0) is 43.1 Å². The highest BCUT2D eigenvalue weighted by Crippen LogP contribution is 2.08. The van der Waals surface area contributed by atoms with Crippen LogP contribution < -0.4 is 16.4 Å². The van der Waals surface area contributed by atoms with E-state index in [0.717, 1.165) is 17.7 Å². The van der Waals surface area contributed by atoms with E-state index in [2.05, 4.69) is 10.6 Å². The van der Waals surface area contributed by atoms with Crippen molar-refractivity contribution >= 4 is 11.7 Å². The quantitative estimate of drug-likeness (QED) is 0.790. The van der Waals surface area contributed by atoms with Gasteiger partial charge in [0.2, 0.25) is 0 Å². The van der Waals surface area contributed by atoms with Crippen LogP contribution in [-0.4, -0.2) is 12.6 Å². The van der Waals surface area contributed by atoms with E-state index in [-0.39, 0.29) is 6.03 Å². The van der Waals surface area contributed by atoms with Gasteiger partial charge in [-0.1, -0.05) is 42.0 Å². The van der Waals surface area contributed by atoms with Gasteiger partial charge in [-0.2, -0.15) is 0 Å². The van der Waals surface area contributed by atoms with Crippen molar-refractivity contribution in [1.29, 1.82) is 0 Å². The molecule has 2 aromatic carbocycles. The number of amides is 2. The van der Waals surface area contributed by atoms with Gasteiger partial charge >= 0.3 is 6.03 Å². The molecule has 0 saturated carbocycles. The van der Waals surface area contributed by atoms with Gasteiger partial charge < -0.3 is 16.4 Å². The summed E-state index contributed by atoms with van der Waals surface area (Å²) < 4.78 is 0. The van der Waals surface area contributed by atoms with E-state index < -0.39 is 0 Å². The zero-order chi connectivity index (χ0) is 15.1. The Kier molecular flexibility index (Phi) is 5.35. The lowest BCUT2D eigenvalue weighted by Crippen LogP contribution is -2.28. The van der Waals surface area contributed by atoms with Crippen molar-refractivity contribution in [3.63, 3.8) is 0 Å². The first-order chi connectivity index (χ1) is 10.2. The number of nitrogens with one attached hydrogen (secondary N) is 2. The van der Waals surface area contributed by atoms with E-state index in [1.165, 1.54) is 11.1 Å². The number of hydrogen-bond donors (Lipinski definition) is 3. The van der Waals surface area contributed by atoms with Gasteiger partial charge in [0, 0.05) is 12.2 Å². The van der Waals surface area contributed by atoms with Crippen LogP contribution in [0, 0.1) is 6.92 Å². The molecule has 0 unspecified atom stereocenters. The lowest BCUT2D eigenvalue weighted by Gasteiger charge is -2.08. The Morgan fingerprint density at radius 1 is 1.00 bits per heavy atom. The Balaban J connectivity index is 1.81. The predicted octanol–water partition coefficient (Wildman–Crippen LogP) is 2.82. The SMILES string of the molecule is Cc1ccc(NC(=O)NCc2ccc(CCN)cc2)cc1. The first kappa shape index (κ1) is 15.1. The molecule has 0 atom stereocenters. The molecule has 0 heterocycles. The highest BCUT2D eigenvalue weighted by Gasteiger charge is 2.01. The minimum atomic E-state index is -0.204. The van der Waals surface area contributed by atoms with Crippen LogP contribution >= 0.6 is 0 Å². The summed E-state index contributed by atoms with van der Waals surface area (Å²) in [6.07, 6.45) is 0.877. The molecule has 110 valence electrons. The van der Waals surface area contributed by atoms with Crippen molar-refractivity contribution in [3.05, 3.63) is 65.2 Å². The minimum absolute atomic E-state index is 0.204. The average Bonchev–Trinajstić information content (AvgIpc) is 2.49. The summed E-state index contributed by atoms with van der Waals surface area (Å²) in [6.45, 7) is 3.16. The van der Waals surface area contributed by atoms with E-state index in [4.69, 9.17) is 5.73 Å². The van der Waals surface area contributed by atoms with Crippen LogP contribution in [0.2, 0.25) is 0 Å². The normalized spacial score (nSPS) is 10.2. The molecule has 21 heavy (non-hydrogen) atoms. The Morgan fingerprint density at radius 2 is 1.62 bits per heavy atom. The summed E-state index contributed by atoms with van der Waals surface area (Å²) in [5.41, 5.74) is 9.75. The molecule has 0 spiro atoms. The van der Waals surface area contributed by atoms with Crippen molar-refractivity contribution in [2.24, 2.45) is 5.73 Å². The Morgan fingerprint density at radius 3 is 2.24 bits per heavy atom. The van der Waals surface area contributed by atoms with Gasteiger partial charge in [0.15, 0.2) is 0 Å². The van der Waals surface area contributed by atoms with Crippen molar-refractivity contribution < 1.29 is 4.79 Å². The first-order valence-corrected chi connectivity index (χ1v) is 7.07. The fourth-order valence-corrected chi connectivity index (χ4v) is 1.98. The van der Waals surface area contributed by atoms with E-state index >= 15 is 0 Å². The minimum Gasteiger partial charge on any atom is -0.334 e. The monoisotopic (exact) mass is 283 g/mol. The number of carbonyl (C=O) groups excluding carboxylic acids is 1. The third kappa shape index (κ3) is 4.93. The number of rotatable bonds is 5. The lowest BCUT2D eigenvalue weighted by molar-refractivity contribution is 0.251. The van der Waals surface area contributed by atoms with Gasteiger partial charge in [0.05, 0.1) is 0 Å². The topological polar surface area (TPSA) is 67.2 Å². The smallest absolute Gasteiger partial charge is 0.319 e. The molecule has 4 heteroatoms.